The number of esters is 1. The largest absolute Gasteiger partial charge is 0.449 e. The minimum Gasteiger partial charge on any atom is -0.449 e. The minimum atomic E-state index is -0.915. The van der Waals surface area contributed by atoms with Crippen LogP contribution in [0.5, 0.6) is 0 Å². The molecular formula is C24H25ClN4O3. The Kier molecular flexibility index (Phi) is 6.46. The van der Waals surface area contributed by atoms with Gasteiger partial charge in [0.15, 0.2) is 6.10 Å². The van der Waals surface area contributed by atoms with Crippen LogP contribution in [0.2, 0.25) is 5.15 Å². The molecule has 2 heterocycles. The molecule has 1 atom stereocenters. The van der Waals surface area contributed by atoms with Gasteiger partial charge in [-0.15, -0.1) is 0 Å². The third kappa shape index (κ3) is 4.48. The number of para-hydroxylation sites is 2. The van der Waals surface area contributed by atoms with Crippen LogP contribution in [0.1, 0.15) is 23.0 Å². The highest BCUT2D eigenvalue weighted by Crippen LogP contribution is 2.25. The van der Waals surface area contributed by atoms with Crippen LogP contribution in [0.15, 0.2) is 60.7 Å². The molecule has 1 fully saturated rings. The molecule has 1 aliphatic heterocycles. The summed E-state index contributed by atoms with van der Waals surface area (Å²) in [6.07, 6.45) is -0.915. The lowest BCUT2D eigenvalue weighted by atomic mass is 10.2. The normalized spacial score (nSPS) is 14.8. The minimum absolute atomic E-state index is 0.162. The molecule has 1 unspecified atom stereocenters. The molecular weight excluding hydrogens is 428 g/mol. The summed E-state index contributed by atoms with van der Waals surface area (Å²) in [5, 5.41) is 4.53. The number of carbonyl (C=O) groups is 2. The van der Waals surface area contributed by atoms with Gasteiger partial charge in [-0.1, -0.05) is 48.0 Å². The number of ether oxygens (including phenoxy) is 1. The monoisotopic (exact) mass is 452 g/mol. The van der Waals surface area contributed by atoms with Crippen molar-refractivity contribution in [3.8, 4) is 5.69 Å². The van der Waals surface area contributed by atoms with Crippen LogP contribution in [0.4, 0.5) is 5.69 Å². The molecule has 3 aromatic rings. The Labute approximate surface area is 192 Å². The standard InChI is InChI=1S/C24H25ClN4O3/c1-17-21(22(25)29(26-17)20-11-7-4-8-12-20)24(31)32-18(2)23(30)28-15-13-27(14-16-28)19-9-5-3-6-10-19/h3-12,18H,13-16H2,1-2H3. The summed E-state index contributed by atoms with van der Waals surface area (Å²) < 4.78 is 6.98. The van der Waals surface area contributed by atoms with E-state index in [0.717, 1.165) is 24.5 Å². The fourth-order valence-corrected chi connectivity index (χ4v) is 4.17. The zero-order chi connectivity index (χ0) is 22.7. The first kappa shape index (κ1) is 21.9. The number of hydrogen-bond donors (Lipinski definition) is 0. The molecule has 0 saturated carbocycles. The molecule has 0 bridgehead atoms. The number of hydrogen-bond acceptors (Lipinski definition) is 5. The topological polar surface area (TPSA) is 67.7 Å². The van der Waals surface area contributed by atoms with Gasteiger partial charge in [0.2, 0.25) is 0 Å². The maximum Gasteiger partial charge on any atom is 0.344 e. The summed E-state index contributed by atoms with van der Waals surface area (Å²) >= 11 is 6.44. The third-order valence-electron chi connectivity index (χ3n) is 5.55. The van der Waals surface area contributed by atoms with Crippen molar-refractivity contribution in [1.29, 1.82) is 0 Å². The predicted octanol–water partition coefficient (Wildman–Crippen LogP) is 3.73. The summed E-state index contributed by atoms with van der Waals surface area (Å²) in [6.45, 7) is 5.88. The van der Waals surface area contributed by atoms with Crippen molar-refractivity contribution in [3.05, 3.63) is 77.1 Å². The lowest BCUT2D eigenvalue weighted by Crippen LogP contribution is -2.51. The van der Waals surface area contributed by atoms with Crippen molar-refractivity contribution < 1.29 is 14.3 Å². The molecule has 1 aromatic heterocycles. The Bertz CT molecular complexity index is 1090. The van der Waals surface area contributed by atoms with E-state index in [0.29, 0.717) is 18.8 Å². The molecule has 0 spiro atoms. The second-order valence-corrected chi connectivity index (χ2v) is 8.05. The summed E-state index contributed by atoms with van der Waals surface area (Å²) in [6, 6.07) is 19.4. The van der Waals surface area contributed by atoms with E-state index in [1.54, 1.807) is 18.7 Å². The lowest BCUT2D eigenvalue weighted by molar-refractivity contribution is -0.140. The quantitative estimate of drug-likeness (QED) is 0.552. The second kappa shape index (κ2) is 9.44. The Morgan fingerprint density at radius 2 is 1.50 bits per heavy atom. The number of piperazine rings is 1. The maximum atomic E-state index is 12.9. The van der Waals surface area contributed by atoms with E-state index in [2.05, 4.69) is 22.1 Å². The summed E-state index contributed by atoms with van der Waals surface area (Å²) in [5.41, 5.74) is 2.49. The number of anilines is 1. The molecule has 0 N–H and O–H groups in total. The van der Waals surface area contributed by atoms with E-state index < -0.39 is 12.1 Å². The summed E-state index contributed by atoms with van der Waals surface area (Å²) in [4.78, 5) is 29.7. The van der Waals surface area contributed by atoms with Gasteiger partial charge in [-0.2, -0.15) is 5.10 Å². The van der Waals surface area contributed by atoms with E-state index in [9.17, 15) is 9.59 Å². The van der Waals surface area contributed by atoms with Crippen molar-refractivity contribution in [3.63, 3.8) is 0 Å². The van der Waals surface area contributed by atoms with Crippen LogP contribution in [0, 0.1) is 6.92 Å². The van der Waals surface area contributed by atoms with E-state index >= 15 is 0 Å². The maximum absolute atomic E-state index is 12.9. The van der Waals surface area contributed by atoms with Crippen LogP contribution >= 0.6 is 11.6 Å². The SMILES string of the molecule is Cc1nn(-c2ccccc2)c(Cl)c1C(=O)OC(C)C(=O)N1CCN(c2ccccc2)CC1. The number of carbonyl (C=O) groups excluding carboxylic acids is 2. The van der Waals surface area contributed by atoms with E-state index in [-0.39, 0.29) is 16.6 Å². The third-order valence-corrected chi connectivity index (χ3v) is 5.90. The van der Waals surface area contributed by atoms with Gasteiger partial charge in [-0.05, 0) is 38.1 Å². The van der Waals surface area contributed by atoms with Crippen molar-refractivity contribution >= 4 is 29.2 Å². The van der Waals surface area contributed by atoms with Gasteiger partial charge in [0.1, 0.15) is 10.7 Å². The highest BCUT2D eigenvalue weighted by molar-refractivity contribution is 6.33. The van der Waals surface area contributed by atoms with Crippen LogP contribution < -0.4 is 4.90 Å². The molecule has 8 heteroatoms. The zero-order valence-electron chi connectivity index (χ0n) is 18.1. The molecule has 7 nitrogen and oxygen atoms in total. The van der Waals surface area contributed by atoms with E-state index in [4.69, 9.17) is 16.3 Å². The van der Waals surface area contributed by atoms with Gasteiger partial charge in [0.05, 0.1) is 11.4 Å². The Balaban J connectivity index is 1.39. The van der Waals surface area contributed by atoms with Crippen molar-refractivity contribution in [2.45, 2.75) is 20.0 Å². The molecule has 0 aliphatic carbocycles. The number of halogens is 1. The lowest BCUT2D eigenvalue weighted by Gasteiger charge is -2.37. The molecule has 32 heavy (non-hydrogen) atoms. The van der Waals surface area contributed by atoms with Gasteiger partial charge in [-0.3, -0.25) is 4.79 Å². The van der Waals surface area contributed by atoms with Crippen LogP contribution in [0.3, 0.4) is 0 Å². The average molecular weight is 453 g/mol. The summed E-state index contributed by atoms with van der Waals surface area (Å²) in [5.74, 6) is -0.867. The summed E-state index contributed by atoms with van der Waals surface area (Å²) in [7, 11) is 0. The Morgan fingerprint density at radius 1 is 0.938 bits per heavy atom. The van der Waals surface area contributed by atoms with E-state index in [1.807, 2.05) is 48.5 Å². The molecule has 166 valence electrons. The molecule has 1 amide bonds. The molecule has 1 saturated heterocycles. The number of rotatable bonds is 5. The van der Waals surface area contributed by atoms with Crippen LogP contribution in [0.25, 0.3) is 5.69 Å². The smallest absolute Gasteiger partial charge is 0.344 e. The van der Waals surface area contributed by atoms with Gasteiger partial charge in [0, 0.05) is 31.9 Å². The van der Waals surface area contributed by atoms with Crippen molar-refractivity contribution in [2.75, 3.05) is 31.1 Å². The van der Waals surface area contributed by atoms with E-state index in [1.165, 1.54) is 4.68 Å². The predicted molar refractivity (Wildman–Crippen MR) is 123 cm³/mol. The van der Waals surface area contributed by atoms with Gasteiger partial charge >= 0.3 is 5.97 Å². The first-order valence-electron chi connectivity index (χ1n) is 10.6. The number of nitrogens with zero attached hydrogens (tertiary/aromatic N) is 4. The number of amides is 1. The Morgan fingerprint density at radius 3 is 2.09 bits per heavy atom. The van der Waals surface area contributed by atoms with Crippen molar-refractivity contribution in [1.82, 2.24) is 14.7 Å². The molecule has 1 aliphatic rings. The van der Waals surface area contributed by atoms with Crippen LogP contribution in [-0.2, 0) is 9.53 Å². The highest BCUT2D eigenvalue weighted by atomic mass is 35.5. The fraction of sp³-hybridized carbons (Fsp3) is 0.292. The van der Waals surface area contributed by atoms with Crippen molar-refractivity contribution in [2.24, 2.45) is 0 Å². The molecule has 4 rings (SSSR count). The fourth-order valence-electron chi connectivity index (χ4n) is 3.82. The highest BCUT2D eigenvalue weighted by Gasteiger charge is 2.30. The molecule has 2 aromatic carbocycles. The number of benzene rings is 2. The number of aromatic nitrogens is 2. The average Bonchev–Trinajstić information content (AvgIpc) is 3.13. The zero-order valence-corrected chi connectivity index (χ0v) is 18.8. The van der Waals surface area contributed by atoms with Gasteiger partial charge < -0.3 is 14.5 Å². The Hall–Kier alpha value is -3.32. The first-order chi connectivity index (χ1) is 15.5. The van der Waals surface area contributed by atoms with Crippen LogP contribution in [-0.4, -0.2) is 58.8 Å². The first-order valence-corrected chi connectivity index (χ1v) is 10.9. The number of aryl methyl sites for hydroxylation is 1. The van der Waals surface area contributed by atoms with Gasteiger partial charge in [0.25, 0.3) is 5.91 Å². The second-order valence-electron chi connectivity index (χ2n) is 7.69. The van der Waals surface area contributed by atoms with Gasteiger partial charge in [-0.25, -0.2) is 9.48 Å². The molecule has 0 radical (unpaired) electrons.